The summed E-state index contributed by atoms with van der Waals surface area (Å²) in [5, 5.41) is 7.05. The third kappa shape index (κ3) is 3.25. The summed E-state index contributed by atoms with van der Waals surface area (Å²) >= 11 is 0. The molecular weight excluding hydrogens is 172 g/mol. The summed E-state index contributed by atoms with van der Waals surface area (Å²) in [6.07, 6.45) is 8.65. The molecule has 1 unspecified atom stereocenters. The Kier molecular flexibility index (Phi) is 4.26. The molecule has 2 nitrogen and oxygen atoms in total. The number of hydrogen-bond donors (Lipinski definition) is 2. The molecule has 0 aromatic rings. The first kappa shape index (κ1) is 10.4. The van der Waals surface area contributed by atoms with Crippen molar-refractivity contribution < 1.29 is 0 Å². The topological polar surface area (TPSA) is 24.1 Å². The highest BCUT2D eigenvalue weighted by Gasteiger charge is 2.15. The third-order valence-electron chi connectivity index (χ3n) is 3.80. The van der Waals surface area contributed by atoms with Crippen LogP contribution in [0.25, 0.3) is 0 Å². The van der Waals surface area contributed by atoms with Crippen molar-refractivity contribution in [3.05, 3.63) is 0 Å². The molecule has 0 spiro atoms. The van der Waals surface area contributed by atoms with E-state index in [1.54, 1.807) is 0 Å². The van der Waals surface area contributed by atoms with Gasteiger partial charge in [0.2, 0.25) is 0 Å². The lowest BCUT2D eigenvalue weighted by atomic mass is 10.0. The van der Waals surface area contributed by atoms with Gasteiger partial charge in [-0.2, -0.15) is 0 Å². The Morgan fingerprint density at radius 3 is 2.64 bits per heavy atom. The van der Waals surface area contributed by atoms with Crippen LogP contribution in [0.5, 0.6) is 0 Å². The zero-order valence-corrected chi connectivity index (χ0v) is 9.23. The van der Waals surface area contributed by atoms with Crippen LogP contribution < -0.4 is 10.6 Å². The molecule has 1 aliphatic heterocycles. The molecule has 1 atom stereocenters. The normalized spacial score (nSPS) is 28.7. The molecule has 0 aromatic heterocycles. The van der Waals surface area contributed by atoms with E-state index in [0.29, 0.717) is 0 Å². The van der Waals surface area contributed by atoms with Crippen molar-refractivity contribution in [2.45, 2.75) is 38.5 Å². The highest BCUT2D eigenvalue weighted by molar-refractivity contribution is 4.73. The van der Waals surface area contributed by atoms with Crippen LogP contribution >= 0.6 is 0 Å². The largest absolute Gasteiger partial charge is 0.316 e. The fourth-order valence-corrected chi connectivity index (χ4v) is 2.79. The van der Waals surface area contributed by atoms with Crippen LogP contribution in [0.3, 0.4) is 0 Å². The second-order valence-electron chi connectivity index (χ2n) is 5.00. The lowest BCUT2D eigenvalue weighted by Crippen LogP contribution is -2.24. The Labute approximate surface area is 87.8 Å². The highest BCUT2D eigenvalue weighted by Crippen LogP contribution is 2.23. The summed E-state index contributed by atoms with van der Waals surface area (Å²) in [5.41, 5.74) is 0. The van der Waals surface area contributed by atoms with E-state index in [9.17, 15) is 0 Å². The molecule has 82 valence electrons. The minimum Gasteiger partial charge on any atom is -0.316 e. The van der Waals surface area contributed by atoms with Gasteiger partial charge in [-0.05, 0) is 63.7 Å². The second-order valence-corrected chi connectivity index (χ2v) is 5.00. The molecule has 1 heterocycles. The van der Waals surface area contributed by atoms with Gasteiger partial charge in [0, 0.05) is 0 Å². The van der Waals surface area contributed by atoms with E-state index >= 15 is 0 Å². The van der Waals surface area contributed by atoms with E-state index in [-0.39, 0.29) is 0 Å². The predicted molar refractivity (Wildman–Crippen MR) is 60.4 cm³/mol. The third-order valence-corrected chi connectivity index (χ3v) is 3.80. The molecule has 2 N–H and O–H groups in total. The van der Waals surface area contributed by atoms with Gasteiger partial charge >= 0.3 is 0 Å². The van der Waals surface area contributed by atoms with E-state index in [1.807, 2.05) is 0 Å². The van der Waals surface area contributed by atoms with Crippen molar-refractivity contribution in [2.75, 3.05) is 26.2 Å². The van der Waals surface area contributed by atoms with Crippen molar-refractivity contribution in [1.29, 1.82) is 0 Å². The van der Waals surface area contributed by atoms with Crippen LogP contribution in [0.15, 0.2) is 0 Å². The molecule has 0 bridgehead atoms. The van der Waals surface area contributed by atoms with Crippen LogP contribution in [-0.4, -0.2) is 26.2 Å². The molecular formula is C12H24N2. The van der Waals surface area contributed by atoms with Gasteiger partial charge in [-0.3, -0.25) is 0 Å². The van der Waals surface area contributed by atoms with E-state index < -0.39 is 0 Å². The van der Waals surface area contributed by atoms with Crippen molar-refractivity contribution in [3.8, 4) is 0 Å². The Morgan fingerprint density at radius 1 is 1.07 bits per heavy atom. The fourth-order valence-electron chi connectivity index (χ4n) is 2.79. The van der Waals surface area contributed by atoms with Crippen LogP contribution in [0.1, 0.15) is 38.5 Å². The second kappa shape index (κ2) is 5.72. The SMILES string of the molecule is C1CCC(CNCCC2CCNC2)C1. The number of hydrogen-bond acceptors (Lipinski definition) is 2. The molecule has 0 amide bonds. The fraction of sp³-hybridized carbons (Fsp3) is 1.00. The van der Waals surface area contributed by atoms with Crippen LogP contribution in [0.2, 0.25) is 0 Å². The Bertz CT molecular complexity index is 128. The molecule has 2 heteroatoms. The van der Waals surface area contributed by atoms with Crippen LogP contribution in [0, 0.1) is 11.8 Å². The van der Waals surface area contributed by atoms with Gasteiger partial charge in [-0.1, -0.05) is 12.8 Å². The average molecular weight is 196 g/mol. The van der Waals surface area contributed by atoms with Gasteiger partial charge in [0.25, 0.3) is 0 Å². The first-order valence-corrected chi connectivity index (χ1v) is 6.36. The highest BCUT2D eigenvalue weighted by atomic mass is 14.9. The minimum atomic E-state index is 0.950. The summed E-state index contributed by atoms with van der Waals surface area (Å²) in [6.45, 7) is 5.02. The number of rotatable bonds is 5. The Hall–Kier alpha value is -0.0800. The smallest absolute Gasteiger partial charge is 0.00196 e. The van der Waals surface area contributed by atoms with Gasteiger partial charge in [0.1, 0.15) is 0 Å². The van der Waals surface area contributed by atoms with Gasteiger partial charge < -0.3 is 10.6 Å². The maximum Gasteiger partial charge on any atom is -0.00196 e. The van der Waals surface area contributed by atoms with Crippen molar-refractivity contribution in [2.24, 2.45) is 11.8 Å². The summed E-state index contributed by atoms with van der Waals surface area (Å²) in [6, 6.07) is 0. The Balaban J connectivity index is 1.46. The molecule has 2 fully saturated rings. The zero-order valence-electron chi connectivity index (χ0n) is 9.23. The molecule has 1 aliphatic carbocycles. The molecule has 14 heavy (non-hydrogen) atoms. The van der Waals surface area contributed by atoms with Crippen molar-refractivity contribution in [3.63, 3.8) is 0 Å². The van der Waals surface area contributed by atoms with E-state index in [0.717, 1.165) is 11.8 Å². The molecule has 0 radical (unpaired) electrons. The monoisotopic (exact) mass is 196 g/mol. The quantitative estimate of drug-likeness (QED) is 0.655. The Morgan fingerprint density at radius 2 is 1.93 bits per heavy atom. The lowest BCUT2D eigenvalue weighted by Gasteiger charge is -2.12. The van der Waals surface area contributed by atoms with Crippen LogP contribution in [-0.2, 0) is 0 Å². The molecule has 2 rings (SSSR count). The molecule has 1 saturated carbocycles. The molecule has 1 saturated heterocycles. The zero-order chi connectivity index (χ0) is 9.64. The van der Waals surface area contributed by atoms with E-state index in [2.05, 4.69) is 10.6 Å². The summed E-state index contributed by atoms with van der Waals surface area (Å²) in [5.74, 6) is 1.95. The van der Waals surface area contributed by atoms with Gasteiger partial charge in [-0.25, -0.2) is 0 Å². The van der Waals surface area contributed by atoms with Crippen molar-refractivity contribution in [1.82, 2.24) is 10.6 Å². The van der Waals surface area contributed by atoms with Gasteiger partial charge in [-0.15, -0.1) is 0 Å². The lowest BCUT2D eigenvalue weighted by molar-refractivity contribution is 0.450. The first-order valence-electron chi connectivity index (χ1n) is 6.36. The van der Waals surface area contributed by atoms with Crippen molar-refractivity contribution >= 4 is 0 Å². The van der Waals surface area contributed by atoms with Gasteiger partial charge in [0.05, 0.1) is 0 Å². The average Bonchev–Trinajstić information content (AvgIpc) is 2.86. The molecule has 0 aromatic carbocycles. The maximum atomic E-state index is 3.63. The summed E-state index contributed by atoms with van der Waals surface area (Å²) in [4.78, 5) is 0. The minimum absolute atomic E-state index is 0.950. The molecule has 2 aliphatic rings. The summed E-state index contributed by atoms with van der Waals surface area (Å²) < 4.78 is 0. The van der Waals surface area contributed by atoms with E-state index in [4.69, 9.17) is 0 Å². The standard InChI is InChI=1S/C12H24N2/c1-2-4-11(3-1)9-13-7-5-12-6-8-14-10-12/h11-14H,1-10H2. The maximum absolute atomic E-state index is 3.63. The predicted octanol–water partition coefficient (Wildman–Crippen LogP) is 1.77. The van der Waals surface area contributed by atoms with E-state index in [1.165, 1.54) is 64.7 Å². The first-order chi connectivity index (χ1) is 6.95. The number of nitrogens with one attached hydrogen (secondary N) is 2. The summed E-state index contributed by atoms with van der Waals surface area (Å²) in [7, 11) is 0. The van der Waals surface area contributed by atoms with Crippen LogP contribution in [0.4, 0.5) is 0 Å². The van der Waals surface area contributed by atoms with Gasteiger partial charge in [0.15, 0.2) is 0 Å².